The Labute approximate surface area is 402 Å². The first-order valence-electron chi connectivity index (χ1n) is 24.8. The summed E-state index contributed by atoms with van der Waals surface area (Å²) in [4.78, 5) is 0. The van der Waals surface area contributed by atoms with Crippen molar-refractivity contribution in [1.29, 1.82) is 0 Å². The van der Waals surface area contributed by atoms with Gasteiger partial charge in [-0.15, -0.1) is 0 Å². The van der Waals surface area contributed by atoms with Crippen molar-refractivity contribution in [2.24, 2.45) is 23.7 Å². The Morgan fingerprint density at radius 3 is 2.54 bits per heavy atom. The van der Waals surface area contributed by atoms with Crippen LogP contribution >= 0.6 is 0 Å². The molecule has 1 saturated heterocycles. The van der Waals surface area contributed by atoms with Crippen molar-refractivity contribution in [3.8, 4) is 63.2 Å². The zero-order valence-corrected chi connectivity index (χ0v) is 39.0. The fourth-order valence-electron chi connectivity index (χ4n) is 12.5. The Morgan fingerprint density at radius 1 is 0.855 bits per heavy atom. The molecule has 5 aromatic carbocycles. The molecule has 2 aliphatic carbocycles. The van der Waals surface area contributed by atoms with Crippen LogP contribution in [0.15, 0.2) is 78.9 Å². The van der Waals surface area contributed by atoms with Crippen LogP contribution in [0.4, 0.5) is 0 Å². The summed E-state index contributed by atoms with van der Waals surface area (Å²) in [6, 6.07) is 23.4. The SMILES string of the molecule is COCCC[C@H]1Oc2c3cc(c4cc(O)ccc24)OCC#C[C@@H]2CNCN[C@@]24CC[C@@H](CO)[C@@H]4O[C@@H]3[C@@H]1[C@H]1COc2c(Cc3cc(O)ccc3-c3cccc(O)c3)cc(OC3CCCC3)cc2[C@H]1O. The van der Waals surface area contributed by atoms with Crippen molar-refractivity contribution in [3.63, 3.8) is 0 Å². The lowest BCUT2D eigenvalue weighted by atomic mass is 9.71. The van der Waals surface area contributed by atoms with Crippen molar-refractivity contribution in [3.05, 3.63) is 101 Å². The number of aliphatic hydroxyl groups excluding tert-OH is 2. The number of hydrogen-bond donors (Lipinski definition) is 7. The maximum absolute atomic E-state index is 13.2. The molecule has 1 spiro atoms. The molecule has 7 N–H and O–H groups in total. The van der Waals surface area contributed by atoms with Gasteiger partial charge >= 0.3 is 0 Å². The van der Waals surface area contributed by atoms with Gasteiger partial charge in [-0.05, 0) is 129 Å². The third-order valence-corrected chi connectivity index (χ3v) is 15.8. The number of benzene rings is 5. The van der Waals surface area contributed by atoms with Gasteiger partial charge in [0.05, 0.1) is 42.5 Å². The van der Waals surface area contributed by atoms with Gasteiger partial charge in [0.15, 0.2) is 0 Å². The standard InChI is InChI=1S/C56H62N2O11/c1-64-19-6-12-48-50(54-46-27-49(44-25-39(62)14-16-43(44)53(46)68-48)65-20-5-8-36-28-57-31-58-56(36)18-17-33(29-59)55(56)69-54)47-30-66-52-35(24-41(26-45(52)51(47)63)67-40-10-2-3-11-40)21-34-23-38(61)13-15-42(34)32-7-4-9-37(60)22-32/h4,7,9,13-16,22-27,33,36,40,47-48,50-51,54-55,57-63H,2-3,6,10-12,17-21,28-31H2,1H3/t33-,36+,47+,48+,50+,51+,54-,55-,56-/m0/s1. The van der Waals surface area contributed by atoms with Crippen LogP contribution in [0.3, 0.4) is 0 Å². The van der Waals surface area contributed by atoms with E-state index in [4.69, 9.17) is 28.4 Å². The summed E-state index contributed by atoms with van der Waals surface area (Å²) in [5.41, 5.74) is 4.04. The molecule has 3 fully saturated rings. The highest BCUT2D eigenvalue weighted by Crippen LogP contribution is 2.57. The predicted octanol–water partition coefficient (Wildman–Crippen LogP) is 7.81. The van der Waals surface area contributed by atoms with E-state index in [-0.39, 0.29) is 55.0 Å². The van der Waals surface area contributed by atoms with E-state index < -0.39 is 41.8 Å². The zero-order chi connectivity index (χ0) is 47.2. The van der Waals surface area contributed by atoms with Crippen molar-refractivity contribution >= 4 is 10.8 Å². The van der Waals surface area contributed by atoms with Crippen molar-refractivity contribution in [2.75, 3.05) is 46.8 Å². The third kappa shape index (κ3) is 8.59. The van der Waals surface area contributed by atoms with Crippen molar-refractivity contribution < 1.29 is 54.0 Å². The monoisotopic (exact) mass is 938 g/mol. The minimum atomic E-state index is -1.06. The summed E-state index contributed by atoms with van der Waals surface area (Å²) in [6.07, 6.45) is 4.50. The number of methoxy groups -OCH3 is 1. The van der Waals surface area contributed by atoms with Crippen LogP contribution in [0.1, 0.15) is 85.8 Å². The molecule has 9 atom stereocenters. The molecular weight excluding hydrogens is 877 g/mol. The second-order valence-electron chi connectivity index (χ2n) is 19.9. The molecular formula is C56H62N2O11. The molecule has 69 heavy (non-hydrogen) atoms. The van der Waals surface area contributed by atoms with E-state index in [0.717, 1.165) is 71.7 Å². The van der Waals surface area contributed by atoms with Gasteiger partial charge in [-0.1, -0.05) is 30.0 Å². The number of aromatic hydroxyl groups is 3. The molecule has 13 nitrogen and oxygen atoms in total. The molecule has 6 aliphatic rings. The number of aliphatic hydroxyl groups is 2. The lowest BCUT2D eigenvalue weighted by Gasteiger charge is -2.50. The molecule has 362 valence electrons. The maximum atomic E-state index is 13.2. The minimum absolute atomic E-state index is 0.0403. The molecule has 2 bridgehead atoms. The van der Waals surface area contributed by atoms with Crippen LogP contribution in [0.2, 0.25) is 0 Å². The smallest absolute Gasteiger partial charge is 0.149 e. The zero-order valence-electron chi connectivity index (χ0n) is 39.0. The number of phenolic OH excluding ortho intramolecular Hbond substituents is 3. The number of nitrogens with one attached hydrogen (secondary N) is 2. The molecule has 0 aromatic heterocycles. The van der Waals surface area contributed by atoms with Crippen LogP contribution < -0.4 is 29.6 Å². The van der Waals surface area contributed by atoms with Crippen molar-refractivity contribution in [2.45, 2.75) is 93.8 Å². The van der Waals surface area contributed by atoms with E-state index in [1.165, 1.54) is 0 Å². The van der Waals surface area contributed by atoms with E-state index in [1.807, 2.05) is 36.4 Å². The van der Waals surface area contributed by atoms with Gasteiger partial charge in [0, 0.05) is 85.2 Å². The molecule has 0 amide bonds. The topological polar surface area (TPSA) is 181 Å². The number of ether oxygens (including phenoxy) is 6. The van der Waals surface area contributed by atoms with Crippen molar-refractivity contribution in [1.82, 2.24) is 10.6 Å². The number of rotatable bonds is 11. The summed E-state index contributed by atoms with van der Waals surface area (Å²) >= 11 is 0. The Kier molecular flexibility index (Phi) is 12.7. The van der Waals surface area contributed by atoms with E-state index >= 15 is 0 Å². The van der Waals surface area contributed by atoms with Crippen LogP contribution in [0, 0.1) is 35.5 Å². The highest BCUT2D eigenvalue weighted by atomic mass is 16.5. The van der Waals surface area contributed by atoms with E-state index in [2.05, 4.69) is 22.5 Å². The highest BCUT2D eigenvalue weighted by molar-refractivity contribution is 5.96. The van der Waals surface area contributed by atoms with Crippen LogP contribution in [-0.4, -0.2) is 96.1 Å². The first-order valence-corrected chi connectivity index (χ1v) is 24.8. The Bertz CT molecular complexity index is 2760. The number of phenols is 3. The minimum Gasteiger partial charge on any atom is -0.508 e. The third-order valence-electron chi connectivity index (χ3n) is 15.8. The second-order valence-corrected chi connectivity index (χ2v) is 19.9. The fraction of sp³-hybridized carbons (Fsp3) is 0.464. The molecule has 11 rings (SSSR count). The molecule has 2 saturated carbocycles. The summed E-state index contributed by atoms with van der Waals surface area (Å²) in [6.45, 7) is 1.90. The summed E-state index contributed by atoms with van der Waals surface area (Å²) in [5, 5.41) is 65.2. The fourth-order valence-corrected chi connectivity index (χ4v) is 12.5. The maximum Gasteiger partial charge on any atom is 0.149 e. The van der Waals surface area contributed by atoms with Gasteiger partial charge in [-0.25, -0.2) is 0 Å². The van der Waals surface area contributed by atoms with Gasteiger partial charge in [0.25, 0.3) is 0 Å². The highest BCUT2D eigenvalue weighted by Gasteiger charge is 2.58. The van der Waals surface area contributed by atoms with Gasteiger partial charge < -0.3 is 59.3 Å². The number of hydrogen-bond acceptors (Lipinski definition) is 13. The average Bonchev–Trinajstić information content (AvgIpc) is 3.99. The Morgan fingerprint density at radius 2 is 1.70 bits per heavy atom. The molecule has 0 unspecified atom stereocenters. The largest absolute Gasteiger partial charge is 0.508 e. The molecule has 0 radical (unpaired) electrons. The summed E-state index contributed by atoms with van der Waals surface area (Å²) in [7, 11) is 1.69. The first-order chi connectivity index (χ1) is 33.7. The number of fused-ring (bicyclic) bond motifs is 5. The predicted molar refractivity (Wildman–Crippen MR) is 259 cm³/mol. The quantitative estimate of drug-likeness (QED) is 0.0504. The van der Waals surface area contributed by atoms with Crippen LogP contribution in [0.25, 0.3) is 21.9 Å². The normalized spacial score (nSPS) is 28.3. The van der Waals surface area contributed by atoms with E-state index in [1.54, 1.807) is 49.6 Å². The van der Waals surface area contributed by atoms with Gasteiger partial charge in [0.2, 0.25) is 0 Å². The molecule has 4 heterocycles. The van der Waals surface area contributed by atoms with E-state index in [9.17, 15) is 25.5 Å². The molecule has 5 aromatic rings. The molecule has 13 heteroatoms. The lowest BCUT2D eigenvalue weighted by molar-refractivity contribution is -0.162. The summed E-state index contributed by atoms with van der Waals surface area (Å²) < 4.78 is 40.9. The Balaban J connectivity index is 1.06. The Hall–Kier alpha value is -5.72. The molecule has 4 aliphatic heterocycles. The van der Waals surface area contributed by atoms with Gasteiger partial charge in [0.1, 0.15) is 53.0 Å². The van der Waals surface area contributed by atoms with Crippen LogP contribution in [0.5, 0.6) is 40.2 Å². The second kappa shape index (κ2) is 19.2. The lowest BCUT2D eigenvalue weighted by Crippen LogP contribution is -2.66. The summed E-state index contributed by atoms with van der Waals surface area (Å²) in [5.74, 6) is 8.14. The van der Waals surface area contributed by atoms with E-state index in [0.29, 0.717) is 73.0 Å². The van der Waals surface area contributed by atoms with Gasteiger partial charge in [-0.2, -0.15) is 0 Å². The van der Waals surface area contributed by atoms with Gasteiger partial charge in [-0.3, -0.25) is 5.32 Å². The first kappa shape index (κ1) is 45.7. The van der Waals surface area contributed by atoms with Crippen LogP contribution in [-0.2, 0) is 15.9 Å². The average molecular weight is 939 g/mol.